The number of rotatable bonds is 5. The van der Waals surface area contributed by atoms with Crippen LogP contribution in [0.2, 0.25) is 0 Å². The number of nitrogens with zero attached hydrogens (tertiary/aromatic N) is 1. The van der Waals surface area contributed by atoms with E-state index in [4.69, 9.17) is 0 Å². The van der Waals surface area contributed by atoms with Gasteiger partial charge in [-0.2, -0.15) is 0 Å². The van der Waals surface area contributed by atoms with Gasteiger partial charge in [0.25, 0.3) is 0 Å². The van der Waals surface area contributed by atoms with Gasteiger partial charge in [-0.25, -0.2) is 0 Å². The molecule has 0 spiro atoms. The summed E-state index contributed by atoms with van der Waals surface area (Å²) in [6.45, 7) is 0. The molecule has 0 unspecified atom stereocenters. The first-order valence-corrected chi connectivity index (χ1v) is 16.0. The van der Waals surface area contributed by atoms with Crippen molar-refractivity contribution in [1.29, 1.82) is 0 Å². The van der Waals surface area contributed by atoms with E-state index < -0.39 is 0 Å². The quantitative estimate of drug-likeness (QED) is 0.178. The van der Waals surface area contributed by atoms with Gasteiger partial charge in [0.2, 0.25) is 0 Å². The smallest absolute Gasteiger partial charge is 0.0380 e. The van der Waals surface area contributed by atoms with Gasteiger partial charge in [-0.3, -0.25) is 0 Å². The third kappa shape index (κ3) is 4.43. The Labute approximate surface area is 251 Å². The van der Waals surface area contributed by atoms with Crippen molar-refractivity contribution in [3.05, 3.63) is 164 Å². The Morgan fingerprint density at radius 1 is 0.357 bits per heavy atom. The molecule has 7 aromatic carbocycles. The zero-order valence-corrected chi connectivity index (χ0v) is 24.7. The van der Waals surface area contributed by atoms with Gasteiger partial charge in [-0.05, 0) is 24.3 Å². The Hall–Kier alpha value is -4.88. The van der Waals surface area contributed by atoms with Gasteiger partial charge in [0, 0.05) is 0 Å². The van der Waals surface area contributed by atoms with Gasteiger partial charge in [0.1, 0.15) is 0 Å². The van der Waals surface area contributed by atoms with Crippen molar-refractivity contribution in [3.8, 4) is 22.3 Å². The van der Waals surface area contributed by atoms with Crippen LogP contribution < -0.4 is 4.90 Å². The van der Waals surface area contributed by atoms with Crippen molar-refractivity contribution in [2.24, 2.45) is 0 Å². The Balaban J connectivity index is 1.15. The van der Waals surface area contributed by atoms with Crippen LogP contribution in [0.1, 0.15) is 0 Å². The van der Waals surface area contributed by atoms with Crippen LogP contribution in [0.3, 0.4) is 0 Å². The van der Waals surface area contributed by atoms with Crippen LogP contribution in [0.5, 0.6) is 0 Å². The van der Waals surface area contributed by atoms with Gasteiger partial charge in [-0.15, -0.1) is 0 Å². The van der Waals surface area contributed by atoms with Gasteiger partial charge in [0.15, 0.2) is 0 Å². The molecule has 0 bridgehead atoms. The average Bonchev–Trinajstić information content (AvgIpc) is 3.45. The van der Waals surface area contributed by atoms with E-state index in [9.17, 15) is 0 Å². The maximum atomic E-state index is 2.42. The molecule has 0 fully saturated rings. The number of fused-ring (bicyclic) bond motifs is 5. The van der Waals surface area contributed by atoms with Crippen molar-refractivity contribution < 1.29 is 0 Å². The summed E-state index contributed by atoms with van der Waals surface area (Å²) < 4.78 is 2.99. The van der Waals surface area contributed by atoms with Crippen molar-refractivity contribution in [2.45, 2.75) is 0 Å². The fourth-order valence-electron chi connectivity index (χ4n) is 5.97. The second-order valence-corrected chi connectivity index (χ2v) is 12.8. The summed E-state index contributed by atoms with van der Waals surface area (Å²) in [4.78, 5) is 2.30. The SMILES string of the molecule is c1ccc(N(c2ccccc2)c2ccc(-c3cccc(-c4ccc5c(c4)[se]c4c6ccccc6ccc54)c3)cc2)cc1. The van der Waals surface area contributed by atoms with Crippen LogP contribution in [0.15, 0.2) is 164 Å². The van der Waals surface area contributed by atoms with Gasteiger partial charge in [0.05, 0.1) is 0 Å². The van der Waals surface area contributed by atoms with E-state index in [2.05, 4.69) is 169 Å². The molecule has 42 heavy (non-hydrogen) atoms. The summed E-state index contributed by atoms with van der Waals surface area (Å²) in [5, 5.41) is 5.54. The largest absolute Gasteiger partial charge is 0.0602 e. The number of para-hydroxylation sites is 2. The maximum Gasteiger partial charge on any atom is -0.0380 e. The molecule has 198 valence electrons. The van der Waals surface area contributed by atoms with E-state index in [1.807, 2.05) is 0 Å². The van der Waals surface area contributed by atoms with E-state index in [0.717, 1.165) is 17.1 Å². The molecule has 0 saturated carbocycles. The molecule has 1 aromatic heterocycles. The monoisotopic (exact) mass is 601 g/mol. The normalized spacial score (nSPS) is 11.3. The molecule has 0 aliphatic heterocycles. The molecule has 0 atom stereocenters. The fourth-order valence-corrected chi connectivity index (χ4v) is 8.65. The molecule has 0 aliphatic rings. The van der Waals surface area contributed by atoms with Crippen LogP contribution in [-0.4, -0.2) is 14.5 Å². The van der Waals surface area contributed by atoms with Gasteiger partial charge < -0.3 is 0 Å². The molecule has 0 amide bonds. The molecule has 2 heteroatoms. The first kappa shape index (κ1) is 24.9. The average molecular weight is 601 g/mol. The number of hydrogen-bond donors (Lipinski definition) is 0. The van der Waals surface area contributed by atoms with Crippen molar-refractivity contribution in [1.82, 2.24) is 0 Å². The molecule has 1 nitrogen and oxygen atoms in total. The minimum absolute atomic E-state index is 0.304. The van der Waals surface area contributed by atoms with Crippen molar-refractivity contribution >= 4 is 61.6 Å². The summed E-state index contributed by atoms with van der Waals surface area (Å²) in [6.07, 6.45) is 0. The Kier molecular flexibility index (Phi) is 6.22. The van der Waals surface area contributed by atoms with E-state index >= 15 is 0 Å². The molecule has 0 N–H and O–H groups in total. The second-order valence-electron chi connectivity index (χ2n) is 10.6. The summed E-state index contributed by atoms with van der Waals surface area (Å²) in [5.74, 6) is 0. The number of hydrogen-bond acceptors (Lipinski definition) is 1. The summed E-state index contributed by atoms with van der Waals surface area (Å²) in [5.41, 5.74) is 8.41. The zero-order valence-electron chi connectivity index (χ0n) is 22.9. The molecule has 0 saturated heterocycles. The van der Waals surface area contributed by atoms with Crippen LogP contribution in [0.25, 0.3) is 52.3 Å². The standard InChI is InChI=1S/C40H27NSe/c1-3-13-33(14-4-1)41(34-15-5-2-6-16-34)35-22-18-28(19-23-35)30-11-9-12-31(26-30)32-21-24-37-38-25-20-29-10-7-8-17-36(29)40(38)42-39(37)27-32/h1-27H. The summed E-state index contributed by atoms with van der Waals surface area (Å²) in [7, 11) is 0. The van der Waals surface area contributed by atoms with E-state index in [1.54, 1.807) is 0 Å². The topological polar surface area (TPSA) is 3.24 Å². The van der Waals surface area contributed by atoms with E-state index in [1.165, 1.54) is 52.3 Å². The predicted octanol–water partition coefficient (Wildman–Crippen LogP) is 11.0. The third-order valence-electron chi connectivity index (χ3n) is 8.05. The molecular formula is C40H27NSe. The first-order valence-electron chi connectivity index (χ1n) is 14.3. The third-order valence-corrected chi connectivity index (χ3v) is 10.6. The van der Waals surface area contributed by atoms with Crippen LogP contribution in [0, 0.1) is 0 Å². The fraction of sp³-hybridized carbons (Fsp3) is 0. The Morgan fingerprint density at radius 2 is 0.929 bits per heavy atom. The van der Waals surface area contributed by atoms with Crippen molar-refractivity contribution in [3.63, 3.8) is 0 Å². The van der Waals surface area contributed by atoms with Gasteiger partial charge >= 0.3 is 192 Å². The molecule has 0 radical (unpaired) electrons. The second kappa shape index (κ2) is 10.5. The van der Waals surface area contributed by atoms with Crippen LogP contribution >= 0.6 is 0 Å². The number of anilines is 3. The minimum atomic E-state index is 0.304. The molecule has 0 aliphatic carbocycles. The van der Waals surface area contributed by atoms with Gasteiger partial charge in [-0.1, -0.05) is 36.4 Å². The molecule has 8 rings (SSSR count). The molecule has 8 aromatic rings. The summed E-state index contributed by atoms with van der Waals surface area (Å²) >= 11 is 0.304. The zero-order chi connectivity index (χ0) is 27.9. The predicted molar refractivity (Wildman–Crippen MR) is 181 cm³/mol. The first-order chi connectivity index (χ1) is 20.8. The van der Waals surface area contributed by atoms with Crippen LogP contribution in [0.4, 0.5) is 17.1 Å². The molecular weight excluding hydrogens is 573 g/mol. The number of benzene rings is 7. The van der Waals surface area contributed by atoms with E-state index in [-0.39, 0.29) is 0 Å². The Morgan fingerprint density at radius 3 is 1.67 bits per heavy atom. The van der Waals surface area contributed by atoms with Crippen LogP contribution in [-0.2, 0) is 0 Å². The maximum absolute atomic E-state index is 2.42. The van der Waals surface area contributed by atoms with Crippen molar-refractivity contribution in [2.75, 3.05) is 4.90 Å². The van der Waals surface area contributed by atoms with E-state index in [0.29, 0.717) is 14.5 Å². The Bertz CT molecular complexity index is 2140. The minimum Gasteiger partial charge on any atom is -0.0602 e. The molecule has 1 heterocycles. The summed E-state index contributed by atoms with van der Waals surface area (Å²) in [6, 6.07) is 59.4.